The average molecular weight is 448 g/mol. The molecule has 0 heterocycles. The van der Waals surface area contributed by atoms with Gasteiger partial charge in [-0.25, -0.2) is 4.79 Å². The summed E-state index contributed by atoms with van der Waals surface area (Å²) in [7, 11) is 0. The fraction of sp³-hybridized carbons (Fsp3) is 0.176. The minimum absolute atomic E-state index is 0.0250. The Bertz CT molecular complexity index is 922. The van der Waals surface area contributed by atoms with Crippen molar-refractivity contribution < 1.29 is 24.0 Å². The van der Waals surface area contributed by atoms with Crippen LogP contribution in [0.5, 0.6) is 5.75 Å². The van der Waals surface area contributed by atoms with Gasteiger partial charge in [0.25, 0.3) is 11.6 Å². The number of nitrogens with one attached hydrogen (secondary N) is 1. The summed E-state index contributed by atoms with van der Waals surface area (Å²) < 4.78 is 10.3. The van der Waals surface area contributed by atoms with Crippen LogP contribution in [0, 0.1) is 10.1 Å². The zero-order valence-electron chi connectivity index (χ0n) is 14.3. The van der Waals surface area contributed by atoms with E-state index >= 15 is 0 Å². The first-order valence-corrected chi connectivity index (χ1v) is 8.83. The van der Waals surface area contributed by atoms with E-state index < -0.39 is 29.5 Å². The second-order valence-electron chi connectivity index (χ2n) is 5.41. The Morgan fingerprint density at radius 2 is 1.86 bits per heavy atom. The number of hydrogen-bond acceptors (Lipinski definition) is 6. The minimum atomic E-state index is -1.03. The molecular formula is C17H13Cl3N2O6. The largest absolute Gasteiger partial charge is 0.477 e. The molecule has 0 bridgehead atoms. The van der Waals surface area contributed by atoms with Crippen LogP contribution in [0.1, 0.15) is 6.92 Å². The SMILES string of the molecule is CC(Oc1ccc(Cl)cc1Cl)C(=O)OCC(=O)Nc1ccc([N+](=O)[O-])cc1Cl. The molecule has 148 valence electrons. The quantitative estimate of drug-likeness (QED) is 0.380. The fourth-order valence-corrected chi connectivity index (χ4v) is 2.64. The molecule has 1 atom stereocenters. The summed E-state index contributed by atoms with van der Waals surface area (Å²) in [6.07, 6.45) is -1.03. The van der Waals surface area contributed by atoms with Crippen molar-refractivity contribution in [3.8, 4) is 5.75 Å². The van der Waals surface area contributed by atoms with E-state index in [-0.39, 0.29) is 27.2 Å². The second kappa shape index (κ2) is 9.59. The number of carbonyl (C=O) groups is 2. The van der Waals surface area contributed by atoms with Crippen molar-refractivity contribution in [3.05, 3.63) is 61.6 Å². The summed E-state index contributed by atoms with van der Waals surface area (Å²) in [6, 6.07) is 8.04. The fourth-order valence-electron chi connectivity index (χ4n) is 1.97. The highest BCUT2D eigenvalue weighted by molar-refractivity contribution is 6.35. The number of nitro groups is 1. The van der Waals surface area contributed by atoms with E-state index in [1.807, 2.05) is 0 Å². The zero-order valence-corrected chi connectivity index (χ0v) is 16.5. The first-order chi connectivity index (χ1) is 13.2. The van der Waals surface area contributed by atoms with Crippen molar-refractivity contribution in [1.82, 2.24) is 0 Å². The number of halogens is 3. The van der Waals surface area contributed by atoms with E-state index in [2.05, 4.69) is 5.32 Å². The van der Waals surface area contributed by atoms with Crippen LogP contribution < -0.4 is 10.1 Å². The Labute approximate surface area is 174 Å². The summed E-state index contributed by atoms with van der Waals surface area (Å²) in [5, 5.41) is 13.7. The molecule has 0 aliphatic carbocycles. The van der Waals surface area contributed by atoms with Gasteiger partial charge in [-0.2, -0.15) is 0 Å². The van der Waals surface area contributed by atoms with Crippen LogP contribution in [-0.4, -0.2) is 29.5 Å². The van der Waals surface area contributed by atoms with Crippen molar-refractivity contribution in [2.75, 3.05) is 11.9 Å². The zero-order chi connectivity index (χ0) is 20.8. The van der Waals surface area contributed by atoms with Gasteiger partial charge < -0.3 is 14.8 Å². The number of amides is 1. The van der Waals surface area contributed by atoms with Gasteiger partial charge in [0.15, 0.2) is 12.7 Å². The van der Waals surface area contributed by atoms with E-state index in [0.717, 1.165) is 6.07 Å². The number of anilines is 1. The molecule has 0 saturated heterocycles. The van der Waals surface area contributed by atoms with Crippen LogP contribution in [-0.2, 0) is 14.3 Å². The molecular weight excluding hydrogens is 435 g/mol. The maximum Gasteiger partial charge on any atom is 0.347 e. The molecule has 8 nitrogen and oxygen atoms in total. The van der Waals surface area contributed by atoms with Gasteiger partial charge in [0.2, 0.25) is 0 Å². The van der Waals surface area contributed by atoms with Gasteiger partial charge in [0, 0.05) is 17.2 Å². The van der Waals surface area contributed by atoms with Crippen molar-refractivity contribution in [3.63, 3.8) is 0 Å². The number of ether oxygens (including phenoxy) is 2. The van der Waals surface area contributed by atoms with Gasteiger partial charge in [-0.1, -0.05) is 34.8 Å². The van der Waals surface area contributed by atoms with Crippen molar-refractivity contribution >= 4 is 58.1 Å². The third kappa shape index (κ3) is 5.98. The van der Waals surface area contributed by atoms with Gasteiger partial charge in [-0.05, 0) is 31.2 Å². The first kappa shape index (κ1) is 21.7. The maximum absolute atomic E-state index is 12.0. The Kier molecular flexibility index (Phi) is 7.45. The molecule has 1 N–H and O–H groups in total. The van der Waals surface area contributed by atoms with E-state index in [0.29, 0.717) is 5.02 Å². The Hall–Kier alpha value is -2.55. The molecule has 28 heavy (non-hydrogen) atoms. The van der Waals surface area contributed by atoms with Crippen LogP contribution in [0.2, 0.25) is 15.1 Å². The monoisotopic (exact) mass is 446 g/mol. The Morgan fingerprint density at radius 1 is 1.14 bits per heavy atom. The van der Waals surface area contributed by atoms with Crippen LogP contribution in [0.4, 0.5) is 11.4 Å². The second-order valence-corrected chi connectivity index (χ2v) is 6.66. The molecule has 0 aliphatic rings. The van der Waals surface area contributed by atoms with Gasteiger partial charge in [-0.3, -0.25) is 14.9 Å². The van der Waals surface area contributed by atoms with Gasteiger partial charge >= 0.3 is 5.97 Å². The third-order valence-electron chi connectivity index (χ3n) is 3.31. The highest BCUT2D eigenvalue weighted by Crippen LogP contribution is 2.28. The molecule has 1 amide bonds. The standard InChI is InChI=1S/C17H13Cl3N2O6/c1-9(28-15-5-2-10(18)6-13(15)20)17(24)27-8-16(23)21-14-4-3-11(22(25)26)7-12(14)19/h2-7,9H,8H2,1H3,(H,21,23). The number of hydrogen-bond donors (Lipinski definition) is 1. The Balaban J connectivity index is 1.88. The van der Waals surface area contributed by atoms with Crippen molar-refractivity contribution in [1.29, 1.82) is 0 Å². The number of benzene rings is 2. The van der Waals surface area contributed by atoms with E-state index in [1.54, 1.807) is 6.07 Å². The molecule has 0 aromatic heterocycles. The predicted molar refractivity (Wildman–Crippen MR) is 104 cm³/mol. The summed E-state index contributed by atoms with van der Waals surface area (Å²) in [5.41, 5.74) is -0.0770. The lowest BCUT2D eigenvalue weighted by Crippen LogP contribution is -2.29. The lowest BCUT2D eigenvalue weighted by molar-refractivity contribution is -0.384. The average Bonchev–Trinajstić information content (AvgIpc) is 2.63. The highest BCUT2D eigenvalue weighted by Gasteiger charge is 2.19. The van der Waals surface area contributed by atoms with E-state index in [4.69, 9.17) is 44.3 Å². The molecule has 0 fully saturated rings. The highest BCUT2D eigenvalue weighted by atomic mass is 35.5. The van der Waals surface area contributed by atoms with E-state index in [1.165, 1.54) is 31.2 Å². The third-order valence-corrected chi connectivity index (χ3v) is 4.16. The first-order valence-electron chi connectivity index (χ1n) is 7.69. The number of nitrogens with zero attached hydrogens (tertiary/aromatic N) is 1. The van der Waals surface area contributed by atoms with Crippen LogP contribution in [0.15, 0.2) is 36.4 Å². The van der Waals surface area contributed by atoms with Crippen LogP contribution in [0.3, 0.4) is 0 Å². The normalized spacial score (nSPS) is 11.4. The molecule has 11 heteroatoms. The number of nitro benzene ring substituents is 1. The Morgan fingerprint density at radius 3 is 2.46 bits per heavy atom. The number of esters is 1. The molecule has 0 spiro atoms. The molecule has 2 aromatic carbocycles. The molecule has 1 unspecified atom stereocenters. The topological polar surface area (TPSA) is 108 Å². The number of non-ortho nitro benzene ring substituents is 1. The van der Waals surface area contributed by atoms with Gasteiger partial charge in [-0.15, -0.1) is 0 Å². The van der Waals surface area contributed by atoms with E-state index in [9.17, 15) is 19.7 Å². The molecule has 0 saturated carbocycles. The minimum Gasteiger partial charge on any atom is -0.477 e. The molecule has 2 rings (SSSR count). The summed E-state index contributed by atoms with van der Waals surface area (Å²) in [5.74, 6) is -1.24. The molecule has 0 radical (unpaired) electrons. The van der Waals surface area contributed by atoms with Crippen LogP contribution in [0.25, 0.3) is 0 Å². The van der Waals surface area contributed by atoms with Gasteiger partial charge in [0.1, 0.15) is 5.75 Å². The lowest BCUT2D eigenvalue weighted by atomic mass is 10.3. The van der Waals surface area contributed by atoms with Crippen molar-refractivity contribution in [2.24, 2.45) is 0 Å². The smallest absolute Gasteiger partial charge is 0.347 e. The maximum atomic E-state index is 12.0. The molecule has 0 aliphatic heterocycles. The number of carbonyl (C=O) groups excluding carboxylic acids is 2. The summed E-state index contributed by atoms with van der Waals surface area (Å²) in [6.45, 7) is 0.826. The lowest BCUT2D eigenvalue weighted by Gasteiger charge is -2.15. The molecule has 2 aromatic rings. The van der Waals surface area contributed by atoms with Gasteiger partial charge in [0.05, 0.1) is 20.7 Å². The summed E-state index contributed by atoms with van der Waals surface area (Å²) >= 11 is 17.6. The predicted octanol–water partition coefficient (Wildman–Crippen LogP) is 4.50. The van der Waals surface area contributed by atoms with Crippen LogP contribution >= 0.6 is 34.8 Å². The number of rotatable bonds is 7. The summed E-state index contributed by atoms with van der Waals surface area (Å²) in [4.78, 5) is 33.9. The van der Waals surface area contributed by atoms with Crippen molar-refractivity contribution in [2.45, 2.75) is 13.0 Å².